The van der Waals surface area contributed by atoms with Crippen LogP contribution in [0.4, 0.5) is 0 Å². The summed E-state index contributed by atoms with van der Waals surface area (Å²) < 4.78 is 28.5. The molecule has 0 aromatic heterocycles. The van der Waals surface area contributed by atoms with E-state index in [1.807, 2.05) is 0 Å². The highest BCUT2D eigenvalue weighted by Gasteiger charge is 1.90. The zero-order chi connectivity index (χ0) is 8.31. The summed E-state index contributed by atoms with van der Waals surface area (Å²) in [4.78, 5) is 0. The van der Waals surface area contributed by atoms with Gasteiger partial charge in [-0.15, -0.1) is 9.24 Å². The molecule has 0 aromatic carbocycles. The summed E-state index contributed by atoms with van der Waals surface area (Å²) in [6.45, 7) is -0.519. The Morgan fingerprint density at radius 3 is 3.33 bits per heavy atom. The van der Waals surface area contributed by atoms with Crippen molar-refractivity contribution in [3.05, 3.63) is 0 Å². The molecule has 34 valence electrons. The van der Waals surface area contributed by atoms with Crippen LogP contribution in [0.1, 0.15) is 1.37 Å². The van der Waals surface area contributed by atoms with Crippen molar-refractivity contribution < 1.29 is 1.37 Å². The van der Waals surface area contributed by atoms with Gasteiger partial charge >= 0.3 is 0 Å². The molecule has 0 radical (unpaired) electrons. The van der Waals surface area contributed by atoms with Gasteiger partial charge in [0.05, 0.1) is 0 Å². The number of hydrogen-bond donors (Lipinski definition) is 0. The van der Waals surface area contributed by atoms with Gasteiger partial charge < -0.3 is 0 Å². The standard InChI is InChI=1S/CH9B2P3/c2-6(1-4)3-5/h3H,1-2,4-5H2/i1D,2T2,3D. The second kappa shape index (κ2) is 4.58. The van der Waals surface area contributed by atoms with Crippen molar-refractivity contribution in [3.63, 3.8) is 0 Å². The Morgan fingerprint density at radius 1 is 2.67 bits per heavy atom. The molecule has 0 amide bonds. The van der Waals surface area contributed by atoms with Crippen molar-refractivity contribution >= 4 is 40.2 Å². The zero-order valence-corrected chi connectivity index (χ0v) is 6.54. The van der Waals surface area contributed by atoms with Crippen molar-refractivity contribution in [2.24, 2.45) is 0 Å². The molecule has 4 unspecified atom stereocenters. The van der Waals surface area contributed by atoms with Crippen LogP contribution in [0, 0.1) is 0 Å². The van der Waals surface area contributed by atoms with Crippen molar-refractivity contribution in [2.45, 2.75) is 0 Å². The smallest absolute Gasteiger partial charge is 0.165 e. The fraction of sp³-hybridized carbons (Fsp3) is 1.00. The lowest BCUT2D eigenvalue weighted by Gasteiger charge is -1.98. The molecule has 5 heteroatoms. The van der Waals surface area contributed by atoms with Crippen molar-refractivity contribution in [1.29, 1.82) is 4.01 Å². The van der Waals surface area contributed by atoms with E-state index in [9.17, 15) is 0 Å². The van der Waals surface area contributed by atoms with Gasteiger partial charge in [-0.3, -0.25) is 0 Å². The molecule has 0 nitrogen and oxygen atoms in total. The van der Waals surface area contributed by atoms with Crippen LogP contribution in [0.25, 0.3) is 0 Å². The SMILES string of the molecule is [2H]B(P)P(B([3H])[3H])C([2H])P. The summed E-state index contributed by atoms with van der Waals surface area (Å²) >= 11 is 0. The van der Waals surface area contributed by atoms with Crippen LogP contribution in [0.15, 0.2) is 0 Å². The van der Waals surface area contributed by atoms with Crippen molar-refractivity contribution in [3.8, 4) is 0 Å². The van der Waals surface area contributed by atoms with Gasteiger partial charge in [-0.1, -0.05) is 0 Å². The van der Waals surface area contributed by atoms with Crippen molar-refractivity contribution in [2.75, 3.05) is 5.88 Å². The van der Waals surface area contributed by atoms with Crippen molar-refractivity contribution in [1.82, 2.24) is 0 Å². The molecule has 0 saturated heterocycles. The zero-order valence-electron chi connectivity index (χ0n) is 7.33. The van der Waals surface area contributed by atoms with Gasteiger partial charge in [0.1, 0.15) is 7.49 Å². The van der Waals surface area contributed by atoms with Crippen LogP contribution in [0.5, 0.6) is 0 Å². The van der Waals surface area contributed by atoms with E-state index in [0.717, 1.165) is 0 Å². The molecular weight excluding hydrogens is 127 g/mol. The Morgan fingerprint density at radius 2 is 3.33 bits per heavy atom. The quantitative estimate of drug-likeness (QED) is 0.383. The molecule has 0 heterocycles. The monoisotopic (exact) mass is 142 g/mol. The first-order valence-corrected chi connectivity index (χ1v) is 4.32. The maximum atomic E-state index is 7.21. The molecule has 0 rings (SSSR count). The Hall–Kier alpha value is 1.42. The minimum atomic E-state index is -1.15. The maximum Gasteiger partial charge on any atom is 0.165 e. The Bertz CT molecular complexity index is 79.5. The highest BCUT2D eigenvalue weighted by atomic mass is 31.2. The van der Waals surface area contributed by atoms with E-state index in [4.69, 9.17) is 5.38 Å². The van der Waals surface area contributed by atoms with E-state index in [0.29, 0.717) is 0 Å². The van der Waals surface area contributed by atoms with Crippen LogP contribution in [-0.2, 0) is 0 Å². The number of hydrogen-bond acceptors (Lipinski definition) is 0. The van der Waals surface area contributed by atoms with E-state index in [1.54, 1.807) is 0 Å². The average Bonchev–Trinajstić information content (AvgIpc) is 1.59. The average molecular weight is 142 g/mol. The Labute approximate surface area is 52.4 Å². The topological polar surface area (TPSA) is 0 Å². The van der Waals surface area contributed by atoms with Crippen LogP contribution < -0.4 is 0 Å². The minimum Gasteiger partial charge on any atom is -0.175 e. The first-order chi connectivity index (χ1) is 4.46. The lowest BCUT2D eigenvalue weighted by Crippen LogP contribution is -1.75. The Balaban J connectivity index is 3.98. The maximum absolute atomic E-state index is 7.21. The van der Waals surface area contributed by atoms with E-state index >= 15 is 0 Å². The van der Waals surface area contributed by atoms with E-state index in [1.165, 1.54) is 0 Å². The highest BCUT2D eigenvalue weighted by molar-refractivity contribution is 8.17. The van der Waals surface area contributed by atoms with Gasteiger partial charge in [0, 0.05) is 1.37 Å². The Kier molecular flexibility index (Phi) is 2.15. The number of rotatable bonds is 3. The largest absolute Gasteiger partial charge is 0.175 e. The first-order valence-electron chi connectivity index (χ1n) is 3.75. The lowest BCUT2D eigenvalue weighted by atomic mass is 10.7. The molecule has 0 aliphatic carbocycles. The summed E-state index contributed by atoms with van der Waals surface area (Å²) in [6.07, 6.45) is 0. The third-order valence-corrected chi connectivity index (χ3v) is 3.10. The van der Waals surface area contributed by atoms with E-state index in [-0.39, 0.29) is 0 Å². The minimum absolute atomic E-state index is 0.519. The normalized spacial score (nSPS) is 27.7. The van der Waals surface area contributed by atoms with E-state index < -0.39 is 27.7 Å². The molecule has 6 heavy (non-hydrogen) atoms. The van der Waals surface area contributed by atoms with E-state index in [2.05, 4.69) is 18.4 Å². The highest BCUT2D eigenvalue weighted by Crippen LogP contribution is 2.30. The predicted octanol–water partition coefficient (Wildman–Crippen LogP) is -0.00940. The molecule has 0 aliphatic rings. The molecule has 0 bridgehead atoms. The van der Waals surface area contributed by atoms with Crippen LogP contribution in [0.3, 0.4) is 0 Å². The first kappa shape index (κ1) is 2.82. The van der Waals surface area contributed by atoms with Gasteiger partial charge in [0.25, 0.3) is 0 Å². The summed E-state index contributed by atoms with van der Waals surface area (Å²) in [5, 5.41) is 0. The van der Waals surface area contributed by atoms with Gasteiger partial charge in [0.15, 0.2) is 6.68 Å². The summed E-state index contributed by atoms with van der Waals surface area (Å²) in [7, 11) is 2.30. The molecule has 0 spiro atoms. The molecular formula is CH9B2P3. The van der Waals surface area contributed by atoms with Gasteiger partial charge in [-0.05, 0) is 9.89 Å². The van der Waals surface area contributed by atoms with Gasteiger partial charge in [-0.2, -0.15) is 16.8 Å². The summed E-state index contributed by atoms with van der Waals surface area (Å²) in [6, 6.07) is 0. The molecule has 0 aliphatic heterocycles. The molecule has 0 N–H and O–H groups in total. The summed E-state index contributed by atoms with van der Waals surface area (Å²) in [5.41, 5.74) is 0. The predicted molar refractivity (Wildman–Crippen MR) is 46.9 cm³/mol. The van der Waals surface area contributed by atoms with Gasteiger partial charge in [0.2, 0.25) is 0 Å². The second-order valence-electron chi connectivity index (χ2n) is 0.745. The van der Waals surface area contributed by atoms with Crippen LogP contribution >= 0.6 is 26.0 Å². The van der Waals surface area contributed by atoms with Crippen LogP contribution in [0.2, 0.25) is 0 Å². The second-order valence-corrected chi connectivity index (χ2v) is 4.02. The fourth-order valence-electron chi connectivity index (χ4n) is 0.0497. The van der Waals surface area contributed by atoms with Gasteiger partial charge in [-0.25, -0.2) is 0 Å². The molecule has 0 fully saturated rings. The van der Waals surface area contributed by atoms with Crippen LogP contribution in [-0.4, -0.2) is 24.1 Å². The third-order valence-electron chi connectivity index (χ3n) is 0.344. The fourth-order valence-corrected chi connectivity index (χ4v) is 1.34. The molecule has 4 atom stereocenters. The molecule has 0 saturated carbocycles. The summed E-state index contributed by atoms with van der Waals surface area (Å²) in [5.74, 6) is -0.519. The molecule has 0 aromatic rings. The third kappa shape index (κ3) is 3.60. The lowest BCUT2D eigenvalue weighted by molar-refractivity contribution is 2.29.